The highest BCUT2D eigenvalue weighted by Crippen LogP contribution is 2.32. The fourth-order valence-corrected chi connectivity index (χ4v) is 3.86. The molecule has 28 heavy (non-hydrogen) atoms. The summed E-state index contributed by atoms with van der Waals surface area (Å²) in [6, 6.07) is 14.6. The monoisotopic (exact) mass is 379 g/mol. The number of methoxy groups -OCH3 is 1. The molecule has 2 heterocycles. The van der Waals surface area contributed by atoms with Crippen LogP contribution in [-0.2, 0) is 0 Å². The maximum atomic E-state index is 5.50. The molecule has 0 bridgehead atoms. The Kier molecular flexibility index (Phi) is 5.58. The Hall–Kier alpha value is -2.86. The summed E-state index contributed by atoms with van der Waals surface area (Å²) in [5, 5.41) is 9.97. The summed E-state index contributed by atoms with van der Waals surface area (Å²) in [6.45, 7) is 10.3. The number of nitrogens with zero attached hydrogens (tertiary/aromatic N) is 2. The van der Waals surface area contributed by atoms with E-state index in [0.717, 1.165) is 74.3 Å². The predicted molar refractivity (Wildman–Crippen MR) is 118 cm³/mol. The summed E-state index contributed by atoms with van der Waals surface area (Å²) in [5.74, 6) is 1.79. The van der Waals surface area contributed by atoms with Gasteiger partial charge in [0.2, 0.25) is 0 Å². The quantitative estimate of drug-likeness (QED) is 0.639. The van der Waals surface area contributed by atoms with Gasteiger partial charge in [0, 0.05) is 38.4 Å². The number of benzene rings is 2. The molecule has 1 saturated heterocycles. The van der Waals surface area contributed by atoms with Crippen molar-refractivity contribution in [2.75, 3.05) is 67.2 Å². The van der Waals surface area contributed by atoms with Gasteiger partial charge in [-0.15, -0.1) is 0 Å². The van der Waals surface area contributed by atoms with Crippen molar-refractivity contribution in [3.05, 3.63) is 54.9 Å². The molecule has 6 nitrogen and oxygen atoms in total. The summed E-state index contributed by atoms with van der Waals surface area (Å²) < 4.78 is 5.50. The predicted octanol–water partition coefficient (Wildman–Crippen LogP) is 3.63. The second-order valence-corrected chi connectivity index (χ2v) is 7.27. The van der Waals surface area contributed by atoms with Gasteiger partial charge in [-0.05, 0) is 43.3 Å². The first-order valence-corrected chi connectivity index (χ1v) is 9.94. The summed E-state index contributed by atoms with van der Waals surface area (Å²) in [4.78, 5) is 4.97. The van der Waals surface area contributed by atoms with Gasteiger partial charge in [-0.2, -0.15) is 0 Å². The number of hydrogen-bond acceptors (Lipinski definition) is 6. The largest absolute Gasteiger partial charge is 0.495 e. The number of fused-ring (bicyclic) bond motifs is 1. The van der Waals surface area contributed by atoms with Crippen LogP contribution in [0.4, 0.5) is 22.7 Å². The van der Waals surface area contributed by atoms with Crippen LogP contribution in [0, 0.1) is 0 Å². The Morgan fingerprint density at radius 3 is 2.64 bits per heavy atom. The Labute approximate surface area is 167 Å². The van der Waals surface area contributed by atoms with Gasteiger partial charge in [-0.1, -0.05) is 18.7 Å². The van der Waals surface area contributed by atoms with Gasteiger partial charge >= 0.3 is 0 Å². The number of piperazine rings is 1. The van der Waals surface area contributed by atoms with Crippen LogP contribution in [0.5, 0.6) is 5.75 Å². The SMILES string of the molecule is C=C1Nc2ccc(NCCCN3CCN(c4ccccc4OC)CC3)cc2N1. The lowest BCUT2D eigenvalue weighted by Gasteiger charge is -2.36. The molecule has 0 atom stereocenters. The van der Waals surface area contributed by atoms with Crippen molar-refractivity contribution in [3.63, 3.8) is 0 Å². The first kappa shape index (κ1) is 18.5. The number of hydrogen-bond donors (Lipinski definition) is 3. The zero-order valence-corrected chi connectivity index (χ0v) is 16.5. The fourth-order valence-electron chi connectivity index (χ4n) is 3.86. The summed E-state index contributed by atoms with van der Waals surface area (Å²) in [6.07, 6.45) is 1.13. The van der Waals surface area contributed by atoms with Crippen LogP contribution in [-0.4, -0.2) is 51.3 Å². The minimum absolute atomic E-state index is 0.833. The standard InChI is InChI=1S/C22H29N5O/c1-17-24-19-9-8-18(16-20(19)25-17)23-10-5-11-26-12-14-27(15-13-26)21-6-3-4-7-22(21)28-2/h3-4,6-9,16,23-25H,1,5,10-15H2,2H3. The van der Waals surface area contributed by atoms with Crippen LogP contribution in [0.15, 0.2) is 54.9 Å². The molecule has 0 unspecified atom stereocenters. The lowest BCUT2D eigenvalue weighted by molar-refractivity contribution is 0.256. The molecular formula is C22H29N5O. The average Bonchev–Trinajstić information content (AvgIpc) is 3.11. The third kappa shape index (κ3) is 4.17. The van der Waals surface area contributed by atoms with Crippen molar-refractivity contribution in [2.24, 2.45) is 0 Å². The smallest absolute Gasteiger partial charge is 0.142 e. The number of nitrogens with one attached hydrogen (secondary N) is 3. The van der Waals surface area contributed by atoms with Crippen LogP contribution in [0.3, 0.4) is 0 Å². The summed E-state index contributed by atoms with van der Waals surface area (Å²) in [5.41, 5.74) is 4.52. The molecule has 1 fully saturated rings. The van der Waals surface area contributed by atoms with E-state index in [1.54, 1.807) is 7.11 Å². The van der Waals surface area contributed by atoms with Gasteiger partial charge in [0.25, 0.3) is 0 Å². The number of rotatable bonds is 7. The normalized spacial score (nSPS) is 16.3. The second kappa shape index (κ2) is 8.44. The average molecular weight is 380 g/mol. The molecule has 0 aliphatic carbocycles. The highest BCUT2D eigenvalue weighted by molar-refractivity contribution is 5.81. The molecule has 0 saturated carbocycles. The molecule has 4 rings (SSSR count). The molecular weight excluding hydrogens is 350 g/mol. The fraction of sp³-hybridized carbons (Fsp3) is 0.364. The van der Waals surface area contributed by atoms with Crippen molar-refractivity contribution in [2.45, 2.75) is 6.42 Å². The van der Waals surface area contributed by atoms with E-state index in [-0.39, 0.29) is 0 Å². The Morgan fingerprint density at radius 2 is 1.82 bits per heavy atom. The van der Waals surface area contributed by atoms with Crippen molar-refractivity contribution < 1.29 is 4.74 Å². The second-order valence-electron chi connectivity index (χ2n) is 7.27. The highest BCUT2D eigenvalue weighted by atomic mass is 16.5. The van der Waals surface area contributed by atoms with Crippen LogP contribution >= 0.6 is 0 Å². The van der Waals surface area contributed by atoms with E-state index in [9.17, 15) is 0 Å². The van der Waals surface area contributed by atoms with E-state index >= 15 is 0 Å². The van der Waals surface area contributed by atoms with Gasteiger partial charge < -0.3 is 25.6 Å². The van der Waals surface area contributed by atoms with Gasteiger partial charge in [0.15, 0.2) is 0 Å². The molecule has 3 N–H and O–H groups in total. The molecule has 2 aromatic carbocycles. The van der Waals surface area contributed by atoms with E-state index in [0.29, 0.717) is 0 Å². The van der Waals surface area contributed by atoms with Crippen LogP contribution < -0.4 is 25.6 Å². The summed E-state index contributed by atoms with van der Waals surface area (Å²) in [7, 11) is 1.74. The minimum Gasteiger partial charge on any atom is -0.495 e. The van der Waals surface area contributed by atoms with Crippen molar-refractivity contribution >= 4 is 22.7 Å². The topological polar surface area (TPSA) is 51.8 Å². The van der Waals surface area contributed by atoms with Gasteiger partial charge in [-0.25, -0.2) is 0 Å². The number of anilines is 4. The Bertz CT molecular complexity index is 829. The highest BCUT2D eigenvalue weighted by Gasteiger charge is 2.19. The van der Waals surface area contributed by atoms with E-state index in [2.05, 4.69) is 62.7 Å². The zero-order chi connectivity index (χ0) is 19.3. The molecule has 2 aliphatic heterocycles. The molecule has 2 aliphatic rings. The third-order valence-electron chi connectivity index (χ3n) is 5.37. The number of ether oxygens (including phenoxy) is 1. The van der Waals surface area contributed by atoms with E-state index in [4.69, 9.17) is 4.74 Å². The van der Waals surface area contributed by atoms with Gasteiger partial charge in [-0.3, -0.25) is 4.90 Å². The molecule has 0 amide bonds. The molecule has 148 valence electrons. The van der Waals surface area contributed by atoms with Crippen LogP contribution in [0.25, 0.3) is 0 Å². The molecule has 2 aromatic rings. The molecule has 0 radical (unpaired) electrons. The lowest BCUT2D eigenvalue weighted by atomic mass is 10.2. The van der Waals surface area contributed by atoms with Gasteiger partial charge in [0.1, 0.15) is 11.6 Å². The molecule has 0 spiro atoms. The van der Waals surface area contributed by atoms with E-state index in [1.807, 2.05) is 12.1 Å². The van der Waals surface area contributed by atoms with E-state index < -0.39 is 0 Å². The maximum absolute atomic E-state index is 5.50. The Balaban J connectivity index is 1.19. The number of para-hydroxylation sites is 2. The van der Waals surface area contributed by atoms with Crippen LogP contribution in [0.1, 0.15) is 6.42 Å². The van der Waals surface area contributed by atoms with Crippen molar-refractivity contribution in [1.82, 2.24) is 4.90 Å². The van der Waals surface area contributed by atoms with E-state index in [1.165, 1.54) is 5.69 Å². The lowest BCUT2D eigenvalue weighted by Crippen LogP contribution is -2.46. The maximum Gasteiger partial charge on any atom is 0.142 e. The van der Waals surface area contributed by atoms with Crippen LogP contribution in [0.2, 0.25) is 0 Å². The molecule has 0 aromatic heterocycles. The minimum atomic E-state index is 0.833. The van der Waals surface area contributed by atoms with Crippen molar-refractivity contribution in [1.29, 1.82) is 0 Å². The zero-order valence-electron chi connectivity index (χ0n) is 16.5. The van der Waals surface area contributed by atoms with Crippen molar-refractivity contribution in [3.8, 4) is 5.75 Å². The Morgan fingerprint density at radius 1 is 1.04 bits per heavy atom. The third-order valence-corrected chi connectivity index (χ3v) is 5.37. The first-order chi connectivity index (χ1) is 13.7. The summed E-state index contributed by atoms with van der Waals surface area (Å²) >= 11 is 0. The van der Waals surface area contributed by atoms with Gasteiger partial charge in [0.05, 0.1) is 24.2 Å². The molecule has 6 heteroatoms. The first-order valence-electron chi connectivity index (χ1n) is 9.94.